The predicted molar refractivity (Wildman–Crippen MR) is 91.5 cm³/mol. The zero-order valence-electron chi connectivity index (χ0n) is 13.6. The summed E-state index contributed by atoms with van der Waals surface area (Å²) in [5.41, 5.74) is 2.62. The summed E-state index contributed by atoms with van der Waals surface area (Å²) in [6.45, 7) is 5.23. The molecule has 2 aromatic rings. The number of anilines is 1. The molecule has 2 fully saturated rings. The molecule has 1 aromatic heterocycles. The summed E-state index contributed by atoms with van der Waals surface area (Å²) in [5.74, 6) is -0.942. The fourth-order valence-electron chi connectivity index (χ4n) is 3.79. The lowest BCUT2D eigenvalue weighted by Crippen LogP contribution is -2.50. The predicted octanol–water partition coefficient (Wildman–Crippen LogP) is 1.91. The van der Waals surface area contributed by atoms with Gasteiger partial charge in [-0.25, -0.2) is 4.79 Å². The van der Waals surface area contributed by atoms with Gasteiger partial charge in [0.2, 0.25) is 0 Å². The molecule has 0 amide bonds. The van der Waals surface area contributed by atoms with Gasteiger partial charge in [-0.2, -0.15) is 5.10 Å². The third kappa shape index (κ3) is 3.01. The molecule has 6 nitrogen and oxygen atoms in total. The van der Waals surface area contributed by atoms with Gasteiger partial charge < -0.3 is 10.0 Å². The van der Waals surface area contributed by atoms with Gasteiger partial charge in [-0.1, -0.05) is 12.1 Å². The molecule has 0 radical (unpaired) electrons. The average Bonchev–Trinajstić information content (AvgIpc) is 3.24. The van der Waals surface area contributed by atoms with Gasteiger partial charge in [-0.3, -0.25) is 9.58 Å². The van der Waals surface area contributed by atoms with Crippen molar-refractivity contribution in [1.82, 2.24) is 14.7 Å². The smallest absolute Gasteiger partial charge is 0.338 e. The maximum atomic E-state index is 10.9. The Morgan fingerprint density at radius 2 is 2.04 bits per heavy atom. The van der Waals surface area contributed by atoms with E-state index in [-0.39, 0.29) is 5.56 Å². The topological polar surface area (TPSA) is 61.6 Å². The molecule has 1 aromatic carbocycles. The van der Waals surface area contributed by atoms with Crippen LogP contribution in [0.4, 0.5) is 5.69 Å². The molecule has 2 aliphatic rings. The van der Waals surface area contributed by atoms with Crippen LogP contribution in [0.2, 0.25) is 0 Å². The van der Waals surface area contributed by atoms with Crippen molar-refractivity contribution in [2.45, 2.75) is 25.4 Å². The fraction of sp³-hybridized carbons (Fsp3) is 0.444. The van der Waals surface area contributed by atoms with Gasteiger partial charge in [0, 0.05) is 37.6 Å². The lowest BCUT2D eigenvalue weighted by molar-refractivity contribution is 0.0697. The maximum Gasteiger partial charge on any atom is 0.338 e. The molecule has 6 heteroatoms. The molecule has 2 saturated heterocycles. The van der Waals surface area contributed by atoms with Crippen LogP contribution in [0, 0.1) is 0 Å². The first kappa shape index (κ1) is 15.2. The largest absolute Gasteiger partial charge is 0.478 e. The maximum absolute atomic E-state index is 10.9. The summed E-state index contributed by atoms with van der Waals surface area (Å²) in [6, 6.07) is 9.28. The van der Waals surface area contributed by atoms with Gasteiger partial charge in [0.25, 0.3) is 0 Å². The number of carboxylic acid groups (broad SMARTS) is 1. The molecule has 2 aliphatic heterocycles. The zero-order valence-corrected chi connectivity index (χ0v) is 13.6. The van der Waals surface area contributed by atoms with E-state index in [9.17, 15) is 4.79 Å². The van der Waals surface area contributed by atoms with Gasteiger partial charge in [0.15, 0.2) is 0 Å². The number of hydrogen-bond donors (Lipinski definition) is 1. The Morgan fingerprint density at radius 3 is 2.79 bits per heavy atom. The number of aromatic nitrogens is 2. The highest BCUT2D eigenvalue weighted by atomic mass is 16.4. The lowest BCUT2D eigenvalue weighted by Gasteiger charge is -2.38. The van der Waals surface area contributed by atoms with Gasteiger partial charge >= 0.3 is 5.97 Å². The minimum absolute atomic E-state index is 0.223. The van der Waals surface area contributed by atoms with Crippen molar-refractivity contribution in [2.24, 2.45) is 0 Å². The highest BCUT2D eigenvalue weighted by molar-refractivity contribution is 5.86. The summed E-state index contributed by atoms with van der Waals surface area (Å²) in [6.07, 6.45) is 5.60. The molecule has 126 valence electrons. The fourth-order valence-corrected chi connectivity index (χ4v) is 3.79. The van der Waals surface area contributed by atoms with Crippen molar-refractivity contribution < 1.29 is 9.90 Å². The van der Waals surface area contributed by atoms with Crippen LogP contribution >= 0.6 is 0 Å². The second kappa shape index (κ2) is 6.28. The highest BCUT2D eigenvalue weighted by Crippen LogP contribution is 2.25. The zero-order chi connectivity index (χ0) is 16.5. The van der Waals surface area contributed by atoms with Crippen LogP contribution < -0.4 is 4.90 Å². The summed E-state index contributed by atoms with van der Waals surface area (Å²) in [7, 11) is 0. The third-order valence-corrected chi connectivity index (χ3v) is 5.11. The second-order valence-electron chi connectivity index (χ2n) is 6.68. The van der Waals surface area contributed by atoms with E-state index in [2.05, 4.69) is 39.2 Å². The second-order valence-corrected chi connectivity index (χ2v) is 6.68. The summed E-state index contributed by atoms with van der Waals surface area (Å²) >= 11 is 0. The number of benzene rings is 1. The molecule has 0 aliphatic carbocycles. The Hall–Kier alpha value is -2.34. The Balaban J connectivity index is 1.41. The van der Waals surface area contributed by atoms with Gasteiger partial charge in [-0.15, -0.1) is 0 Å². The number of hydrogen-bond acceptors (Lipinski definition) is 4. The number of rotatable bonds is 4. The lowest BCUT2D eigenvalue weighted by atomic mass is 10.1. The average molecular weight is 326 g/mol. The number of aromatic carboxylic acids is 1. The van der Waals surface area contributed by atoms with Crippen molar-refractivity contribution in [1.29, 1.82) is 0 Å². The Bertz CT molecular complexity index is 725. The molecule has 0 bridgehead atoms. The molecule has 1 atom stereocenters. The third-order valence-electron chi connectivity index (χ3n) is 5.11. The molecular weight excluding hydrogens is 304 g/mol. The minimum atomic E-state index is -0.942. The first-order valence-corrected chi connectivity index (χ1v) is 8.53. The van der Waals surface area contributed by atoms with E-state index in [1.54, 1.807) is 10.9 Å². The normalized spacial score (nSPS) is 21.0. The van der Waals surface area contributed by atoms with Crippen LogP contribution in [0.25, 0.3) is 0 Å². The molecule has 1 unspecified atom stereocenters. The van der Waals surface area contributed by atoms with E-state index < -0.39 is 5.97 Å². The summed E-state index contributed by atoms with van der Waals surface area (Å²) in [4.78, 5) is 16.0. The van der Waals surface area contributed by atoms with Crippen LogP contribution in [-0.4, -0.2) is 58.0 Å². The first-order chi connectivity index (χ1) is 11.7. The number of carbonyl (C=O) groups is 1. The van der Waals surface area contributed by atoms with Crippen molar-refractivity contribution in [3.8, 4) is 0 Å². The van der Waals surface area contributed by atoms with Crippen molar-refractivity contribution in [3.63, 3.8) is 0 Å². The van der Waals surface area contributed by atoms with E-state index in [0.717, 1.165) is 31.2 Å². The van der Waals surface area contributed by atoms with Crippen LogP contribution in [0.5, 0.6) is 0 Å². The number of piperazine rings is 1. The van der Waals surface area contributed by atoms with Crippen LogP contribution in [0.15, 0.2) is 36.7 Å². The van der Waals surface area contributed by atoms with E-state index >= 15 is 0 Å². The molecule has 1 N–H and O–H groups in total. The van der Waals surface area contributed by atoms with Crippen LogP contribution in [-0.2, 0) is 6.54 Å². The monoisotopic (exact) mass is 326 g/mol. The standard InChI is InChI=1S/C18H22N4O2/c23-18(24)15-10-19-22(12-15)11-14-3-5-16(6-4-14)21-9-8-20-7-1-2-17(20)13-21/h3-6,10,12,17H,1-2,7-9,11,13H2,(H,23,24). The molecule has 0 spiro atoms. The number of nitrogens with zero attached hydrogens (tertiary/aromatic N) is 4. The molecule has 24 heavy (non-hydrogen) atoms. The minimum Gasteiger partial charge on any atom is -0.478 e. The number of fused-ring (bicyclic) bond motifs is 1. The molecule has 3 heterocycles. The van der Waals surface area contributed by atoms with E-state index in [4.69, 9.17) is 5.11 Å². The van der Waals surface area contributed by atoms with Gasteiger partial charge in [-0.05, 0) is 37.1 Å². The van der Waals surface area contributed by atoms with Crippen LogP contribution in [0.1, 0.15) is 28.8 Å². The quantitative estimate of drug-likeness (QED) is 0.930. The summed E-state index contributed by atoms with van der Waals surface area (Å²) in [5, 5.41) is 13.0. The van der Waals surface area contributed by atoms with Crippen molar-refractivity contribution in [3.05, 3.63) is 47.8 Å². The SMILES string of the molecule is O=C(O)c1cnn(Cc2ccc(N3CCN4CCCC4C3)cc2)c1. The Labute approximate surface area is 141 Å². The Morgan fingerprint density at radius 1 is 1.21 bits per heavy atom. The van der Waals surface area contributed by atoms with Crippen molar-refractivity contribution in [2.75, 3.05) is 31.1 Å². The molecular formula is C18H22N4O2. The van der Waals surface area contributed by atoms with Crippen LogP contribution in [0.3, 0.4) is 0 Å². The van der Waals surface area contributed by atoms with E-state index in [1.807, 2.05) is 0 Å². The highest BCUT2D eigenvalue weighted by Gasteiger charge is 2.30. The Kier molecular flexibility index (Phi) is 3.98. The molecule has 0 saturated carbocycles. The van der Waals surface area contributed by atoms with E-state index in [0.29, 0.717) is 6.54 Å². The summed E-state index contributed by atoms with van der Waals surface area (Å²) < 4.78 is 1.66. The van der Waals surface area contributed by atoms with Gasteiger partial charge in [0.05, 0.1) is 18.3 Å². The first-order valence-electron chi connectivity index (χ1n) is 8.53. The van der Waals surface area contributed by atoms with Gasteiger partial charge in [0.1, 0.15) is 0 Å². The van der Waals surface area contributed by atoms with E-state index in [1.165, 1.54) is 31.3 Å². The van der Waals surface area contributed by atoms with Crippen molar-refractivity contribution >= 4 is 11.7 Å². The molecule has 4 rings (SSSR count). The number of carboxylic acids is 1.